The van der Waals surface area contributed by atoms with Crippen LogP contribution in [0.2, 0.25) is 0 Å². The summed E-state index contributed by atoms with van der Waals surface area (Å²) in [5.41, 5.74) is 5.13. The molecular formula is C7H7N5O3. The minimum absolute atomic E-state index is 0.0547. The summed E-state index contributed by atoms with van der Waals surface area (Å²) < 4.78 is 0. The van der Waals surface area contributed by atoms with Gasteiger partial charge in [-0.25, -0.2) is 0 Å². The summed E-state index contributed by atoms with van der Waals surface area (Å²) in [5, 5.41) is 14.9. The third-order valence-corrected chi connectivity index (χ3v) is 1.85. The van der Waals surface area contributed by atoms with Crippen LogP contribution >= 0.6 is 0 Å². The number of aromatic nitrogens is 4. The Kier molecular flexibility index (Phi) is 1.89. The van der Waals surface area contributed by atoms with Gasteiger partial charge in [0, 0.05) is 0 Å². The monoisotopic (exact) mass is 209 g/mol. The molecular weight excluding hydrogens is 202 g/mol. The molecule has 0 saturated heterocycles. The number of carboxylic acid groups (broad SMARTS) is 1. The third-order valence-electron chi connectivity index (χ3n) is 1.85. The number of aromatic amines is 2. The number of nitrogens with zero attached hydrogens (tertiary/aromatic N) is 2. The average molecular weight is 209 g/mol. The van der Waals surface area contributed by atoms with E-state index in [2.05, 4.69) is 20.2 Å². The summed E-state index contributed by atoms with van der Waals surface area (Å²) in [5.74, 6) is -1.11. The number of hydrogen-bond acceptors (Lipinski definition) is 5. The predicted octanol–water partition coefficient (Wildman–Crippen LogP) is -1.14. The molecule has 0 atom stereocenters. The van der Waals surface area contributed by atoms with Crippen molar-refractivity contribution in [2.24, 2.45) is 0 Å². The van der Waals surface area contributed by atoms with Gasteiger partial charge in [0.2, 0.25) is 5.95 Å². The first-order valence-electron chi connectivity index (χ1n) is 4.02. The number of aliphatic carboxylic acids is 1. The zero-order valence-electron chi connectivity index (χ0n) is 7.44. The van der Waals surface area contributed by atoms with Crippen LogP contribution in [0.3, 0.4) is 0 Å². The van der Waals surface area contributed by atoms with Crippen LogP contribution in [0.25, 0.3) is 11.0 Å². The van der Waals surface area contributed by atoms with Crippen LogP contribution in [-0.2, 0) is 11.2 Å². The first-order valence-corrected chi connectivity index (χ1v) is 4.02. The van der Waals surface area contributed by atoms with Gasteiger partial charge in [0.15, 0.2) is 5.65 Å². The second-order valence-electron chi connectivity index (χ2n) is 2.92. The largest absolute Gasteiger partial charge is 0.481 e. The Morgan fingerprint density at radius 2 is 2.27 bits per heavy atom. The highest BCUT2D eigenvalue weighted by molar-refractivity contribution is 5.82. The van der Waals surface area contributed by atoms with E-state index in [-0.39, 0.29) is 29.1 Å². The van der Waals surface area contributed by atoms with Crippen LogP contribution in [0.15, 0.2) is 4.79 Å². The highest BCUT2D eigenvalue weighted by Gasteiger charge is 2.13. The molecule has 0 unspecified atom stereocenters. The van der Waals surface area contributed by atoms with Gasteiger partial charge >= 0.3 is 5.97 Å². The Morgan fingerprint density at radius 3 is 2.93 bits per heavy atom. The molecule has 8 heteroatoms. The molecule has 2 rings (SSSR count). The molecule has 0 radical (unpaired) electrons. The van der Waals surface area contributed by atoms with Crippen LogP contribution in [-0.4, -0.2) is 31.2 Å². The van der Waals surface area contributed by atoms with Crippen molar-refractivity contribution in [2.45, 2.75) is 6.42 Å². The number of nitrogens with one attached hydrogen (secondary N) is 2. The van der Waals surface area contributed by atoms with Gasteiger partial charge in [0.25, 0.3) is 5.56 Å². The van der Waals surface area contributed by atoms with Crippen molar-refractivity contribution < 1.29 is 9.90 Å². The fourth-order valence-electron chi connectivity index (χ4n) is 1.29. The van der Waals surface area contributed by atoms with Crippen molar-refractivity contribution in [1.82, 2.24) is 20.2 Å². The average Bonchev–Trinajstić information content (AvgIpc) is 2.46. The molecule has 0 fully saturated rings. The quantitative estimate of drug-likeness (QED) is 0.493. The molecule has 0 aliphatic rings. The summed E-state index contributed by atoms with van der Waals surface area (Å²) >= 11 is 0. The summed E-state index contributed by atoms with van der Waals surface area (Å²) in [6, 6.07) is 0. The second kappa shape index (κ2) is 3.08. The lowest BCUT2D eigenvalue weighted by Crippen LogP contribution is -2.12. The molecule has 2 aromatic rings. The summed E-state index contributed by atoms with van der Waals surface area (Å²) in [6.45, 7) is 0. The van der Waals surface area contributed by atoms with Crippen LogP contribution in [0.1, 0.15) is 5.69 Å². The maximum absolute atomic E-state index is 11.4. The Morgan fingerprint density at radius 1 is 1.53 bits per heavy atom. The molecule has 15 heavy (non-hydrogen) atoms. The topological polar surface area (TPSA) is 138 Å². The van der Waals surface area contributed by atoms with E-state index >= 15 is 0 Å². The normalized spacial score (nSPS) is 10.7. The standard InChI is InChI=1S/C7H7N5O3/c8-7-9-5-4(6(15)10-7)2(11-12-5)1-3(13)14/h1H2,(H,13,14)(H4,8,9,10,11,12,15). The van der Waals surface area contributed by atoms with Gasteiger partial charge in [0.1, 0.15) is 5.39 Å². The van der Waals surface area contributed by atoms with Crippen LogP contribution in [0.5, 0.6) is 0 Å². The predicted molar refractivity (Wildman–Crippen MR) is 50.3 cm³/mol. The van der Waals surface area contributed by atoms with E-state index in [0.717, 1.165) is 0 Å². The minimum Gasteiger partial charge on any atom is -0.481 e. The smallest absolute Gasteiger partial charge is 0.309 e. The van der Waals surface area contributed by atoms with Crippen molar-refractivity contribution in [1.29, 1.82) is 0 Å². The first-order chi connectivity index (χ1) is 7.08. The molecule has 0 spiro atoms. The van der Waals surface area contributed by atoms with Crippen molar-refractivity contribution in [3.05, 3.63) is 16.0 Å². The number of H-pyrrole nitrogens is 2. The van der Waals surface area contributed by atoms with Crippen molar-refractivity contribution >= 4 is 23.0 Å². The number of hydrogen-bond donors (Lipinski definition) is 4. The SMILES string of the molecule is Nc1nc2n[nH]c(CC(=O)O)c2c(=O)[nH]1. The molecule has 78 valence electrons. The van der Waals surface area contributed by atoms with E-state index < -0.39 is 11.5 Å². The minimum atomic E-state index is -1.06. The van der Waals surface area contributed by atoms with E-state index in [1.54, 1.807) is 0 Å². The fraction of sp³-hybridized carbons (Fsp3) is 0.143. The Balaban J connectivity index is 2.69. The van der Waals surface area contributed by atoms with E-state index in [4.69, 9.17) is 10.8 Å². The molecule has 0 aromatic carbocycles. The van der Waals surface area contributed by atoms with Crippen LogP contribution in [0, 0.1) is 0 Å². The second-order valence-corrected chi connectivity index (χ2v) is 2.92. The molecule has 0 aliphatic carbocycles. The number of rotatable bonds is 2. The lowest BCUT2D eigenvalue weighted by molar-refractivity contribution is -0.136. The number of nitrogens with two attached hydrogens (primary N) is 1. The maximum atomic E-state index is 11.4. The van der Waals surface area contributed by atoms with Gasteiger partial charge in [-0.15, -0.1) is 0 Å². The first kappa shape index (κ1) is 9.19. The molecule has 0 aliphatic heterocycles. The number of anilines is 1. The van der Waals surface area contributed by atoms with Gasteiger partial charge in [-0.2, -0.15) is 10.1 Å². The van der Waals surface area contributed by atoms with Crippen molar-refractivity contribution in [3.63, 3.8) is 0 Å². The summed E-state index contributed by atoms with van der Waals surface area (Å²) in [7, 11) is 0. The van der Waals surface area contributed by atoms with Gasteiger partial charge in [0.05, 0.1) is 12.1 Å². The molecule has 0 saturated carbocycles. The van der Waals surface area contributed by atoms with Gasteiger partial charge in [-0.05, 0) is 0 Å². The third kappa shape index (κ3) is 1.52. The van der Waals surface area contributed by atoms with Crippen LogP contribution < -0.4 is 11.3 Å². The summed E-state index contributed by atoms with van der Waals surface area (Å²) in [6.07, 6.45) is -0.314. The Bertz CT molecular complexity index is 584. The molecule has 0 amide bonds. The van der Waals surface area contributed by atoms with Gasteiger partial charge in [-0.3, -0.25) is 19.7 Å². The number of carbonyl (C=O) groups is 1. The number of nitrogen functional groups attached to an aromatic ring is 1. The lowest BCUT2D eigenvalue weighted by Gasteiger charge is -1.93. The number of carboxylic acids is 1. The number of fused-ring (bicyclic) bond motifs is 1. The molecule has 5 N–H and O–H groups in total. The zero-order valence-corrected chi connectivity index (χ0v) is 7.44. The highest BCUT2D eigenvalue weighted by Crippen LogP contribution is 2.09. The van der Waals surface area contributed by atoms with E-state index in [1.165, 1.54) is 0 Å². The Hall–Kier alpha value is -2.38. The molecule has 8 nitrogen and oxygen atoms in total. The zero-order chi connectivity index (χ0) is 11.0. The van der Waals surface area contributed by atoms with Gasteiger partial charge < -0.3 is 10.8 Å². The molecule has 2 heterocycles. The molecule has 0 bridgehead atoms. The van der Waals surface area contributed by atoms with E-state index in [0.29, 0.717) is 0 Å². The summed E-state index contributed by atoms with van der Waals surface area (Å²) in [4.78, 5) is 27.9. The van der Waals surface area contributed by atoms with Gasteiger partial charge in [-0.1, -0.05) is 0 Å². The van der Waals surface area contributed by atoms with E-state index in [9.17, 15) is 9.59 Å². The van der Waals surface area contributed by atoms with Crippen molar-refractivity contribution in [3.8, 4) is 0 Å². The van der Waals surface area contributed by atoms with E-state index in [1.807, 2.05) is 0 Å². The van der Waals surface area contributed by atoms with Crippen LogP contribution in [0.4, 0.5) is 5.95 Å². The highest BCUT2D eigenvalue weighted by atomic mass is 16.4. The lowest BCUT2D eigenvalue weighted by atomic mass is 10.2. The fourth-order valence-corrected chi connectivity index (χ4v) is 1.29. The maximum Gasteiger partial charge on any atom is 0.309 e. The van der Waals surface area contributed by atoms with Crippen molar-refractivity contribution in [2.75, 3.05) is 5.73 Å². The molecule has 2 aromatic heterocycles. The Labute approximate surface area is 82.1 Å².